The van der Waals surface area contributed by atoms with E-state index in [9.17, 15) is 9.59 Å². The van der Waals surface area contributed by atoms with Crippen molar-refractivity contribution in [2.24, 2.45) is 5.41 Å². The number of hydrogen-bond donors (Lipinski definition) is 2. The fourth-order valence-electron chi connectivity index (χ4n) is 1.48. The number of thiophene rings is 1. The molecule has 1 aromatic heterocycles. The molecule has 0 atom stereocenters. The van der Waals surface area contributed by atoms with Crippen LogP contribution in [0, 0.1) is 5.41 Å². The quantitative estimate of drug-likeness (QED) is 0.783. The van der Waals surface area contributed by atoms with Crippen LogP contribution >= 0.6 is 11.3 Å². The van der Waals surface area contributed by atoms with Gasteiger partial charge in [0.25, 0.3) is 0 Å². The van der Waals surface area contributed by atoms with Crippen molar-refractivity contribution in [1.29, 1.82) is 0 Å². The van der Waals surface area contributed by atoms with Gasteiger partial charge in [-0.15, -0.1) is 11.3 Å². The van der Waals surface area contributed by atoms with Gasteiger partial charge in [0.05, 0.1) is 5.41 Å². The molecule has 90 valence electrons. The highest BCUT2D eigenvalue weighted by atomic mass is 32.1. The Morgan fingerprint density at radius 2 is 2.29 bits per heavy atom. The largest absolute Gasteiger partial charge is 0.481 e. The first kappa shape index (κ1) is 11.9. The SMILES string of the molecule is O=C(/C=C/c1cccs1)NCC1(C(=O)O)CC1. The van der Waals surface area contributed by atoms with E-state index in [0.29, 0.717) is 12.8 Å². The zero-order chi connectivity index (χ0) is 12.3. The summed E-state index contributed by atoms with van der Waals surface area (Å²) in [6.07, 6.45) is 4.46. The Morgan fingerprint density at radius 1 is 1.53 bits per heavy atom. The molecule has 0 aliphatic heterocycles. The molecular weight excluding hydrogens is 238 g/mol. The molecule has 0 radical (unpaired) electrons. The molecule has 0 unspecified atom stereocenters. The summed E-state index contributed by atoms with van der Waals surface area (Å²) >= 11 is 1.54. The highest BCUT2D eigenvalue weighted by Gasteiger charge is 2.50. The summed E-state index contributed by atoms with van der Waals surface area (Å²) in [5, 5.41) is 13.5. The third-order valence-corrected chi connectivity index (χ3v) is 3.69. The van der Waals surface area contributed by atoms with Crippen LogP contribution in [0.4, 0.5) is 0 Å². The van der Waals surface area contributed by atoms with Crippen LogP contribution in [0.2, 0.25) is 0 Å². The number of carboxylic acid groups (broad SMARTS) is 1. The lowest BCUT2D eigenvalue weighted by molar-refractivity contribution is -0.143. The molecule has 1 aliphatic rings. The monoisotopic (exact) mass is 251 g/mol. The van der Waals surface area contributed by atoms with Gasteiger partial charge in [0, 0.05) is 17.5 Å². The molecule has 17 heavy (non-hydrogen) atoms. The number of carbonyl (C=O) groups is 2. The van der Waals surface area contributed by atoms with Crippen LogP contribution in [-0.4, -0.2) is 23.5 Å². The summed E-state index contributed by atoms with van der Waals surface area (Å²) in [5.74, 6) is -1.06. The Balaban J connectivity index is 1.80. The number of carboxylic acids is 1. The van der Waals surface area contributed by atoms with E-state index in [-0.39, 0.29) is 12.5 Å². The summed E-state index contributed by atoms with van der Waals surface area (Å²) in [4.78, 5) is 23.3. The van der Waals surface area contributed by atoms with Crippen molar-refractivity contribution in [1.82, 2.24) is 5.32 Å². The van der Waals surface area contributed by atoms with E-state index in [2.05, 4.69) is 5.32 Å². The van der Waals surface area contributed by atoms with Gasteiger partial charge in [-0.2, -0.15) is 0 Å². The number of carbonyl (C=O) groups excluding carboxylic acids is 1. The van der Waals surface area contributed by atoms with Crippen molar-refractivity contribution >= 4 is 29.3 Å². The van der Waals surface area contributed by atoms with Gasteiger partial charge in [-0.1, -0.05) is 6.07 Å². The summed E-state index contributed by atoms with van der Waals surface area (Å²) in [6.45, 7) is 0.218. The molecule has 1 heterocycles. The van der Waals surface area contributed by atoms with E-state index in [1.807, 2.05) is 17.5 Å². The average molecular weight is 251 g/mol. The molecule has 1 saturated carbocycles. The standard InChI is InChI=1S/C12H13NO3S/c14-10(4-3-9-2-1-7-17-9)13-8-12(5-6-12)11(15)16/h1-4,7H,5-6,8H2,(H,13,14)(H,15,16)/b4-3+. The Morgan fingerprint density at radius 3 is 2.82 bits per heavy atom. The molecule has 1 aromatic rings. The summed E-state index contributed by atoms with van der Waals surface area (Å²) in [6, 6.07) is 3.82. The molecule has 1 aliphatic carbocycles. The zero-order valence-corrected chi connectivity index (χ0v) is 10.00. The van der Waals surface area contributed by atoms with Crippen molar-refractivity contribution in [2.75, 3.05) is 6.54 Å². The van der Waals surface area contributed by atoms with Gasteiger partial charge >= 0.3 is 5.97 Å². The molecule has 5 heteroatoms. The number of amides is 1. The number of hydrogen-bond acceptors (Lipinski definition) is 3. The van der Waals surface area contributed by atoms with E-state index >= 15 is 0 Å². The fourth-order valence-corrected chi connectivity index (χ4v) is 2.09. The second-order valence-corrected chi connectivity index (χ2v) is 5.13. The van der Waals surface area contributed by atoms with Crippen LogP contribution < -0.4 is 5.32 Å². The molecular formula is C12H13NO3S. The number of rotatable bonds is 5. The molecule has 0 aromatic carbocycles. The predicted molar refractivity (Wildman–Crippen MR) is 65.7 cm³/mol. The Hall–Kier alpha value is -1.62. The van der Waals surface area contributed by atoms with Crippen molar-refractivity contribution in [3.8, 4) is 0 Å². The van der Waals surface area contributed by atoms with Crippen molar-refractivity contribution in [3.63, 3.8) is 0 Å². The van der Waals surface area contributed by atoms with Gasteiger partial charge in [0.15, 0.2) is 0 Å². The third-order valence-electron chi connectivity index (χ3n) is 2.85. The Kier molecular flexibility index (Phi) is 3.28. The van der Waals surface area contributed by atoms with Gasteiger partial charge in [0.2, 0.25) is 5.91 Å². The van der Waals surface area contributed by atoms with Crippen LogP contribution in [0.3, 0.4) is 0 Å². The normalized spacial score (nSPS) is 16.9. The van der Waals surface area contributed by atoms with Crippen LogP contribution in [0.25, 0.3) is 6.08 Å². The topological polar surface area (TPSA) is 66.4 Å². The molecule has 4 nitrogen and oxygen atoms in total. The molecule has 2 rings (SSSR count). The average Bonchev–Trinajstić information content (AvgIpc) is 2.93. The summed E-state index contributed by atoms with van der Waals surface area (Å²) in [7, 11) is 0. The molecule has 0 bridgehead atoms. The van der Waals surface area contributed by atoms with Crippen molar-refractivity contribution in [2.45, 2.75) is 12.8 Å². The van der Waals surface area contributed by atoms with Gasteiger partial charge in [-0.05, 0) is 30.4 Å². The minimum absolute atomic E-state index is 0.218. The van der Waals surface area contributed by atoms with E-state index in [1.165, 1.54) is 6.08 Å². The van der Waals surface area contributed by atoms with Crippen LogP contribution in [0.15, 0.2) is 23.6 Å². The lowest BCUT2D eigenvalue weighted by atomic mass is 10.1. The van der Waals surface area contributed by atoms with Gasteiger partial charge in [-0.25, -0.2) is 0 Å². The van der Waals surface area contributed by atoms with Gasteiger partial charge < -0.3 is 10.4 Å². The lowest BCUT2D eigenvalue weighted by Gasteiger charge is -2.09. The first-order valence-electron chi connectivity index (χ1n) is 5.35. The summed E-state index contributed by atoms with van der Waals surface area (Å²) in [5.41, 5.74) is -0.702. The molecule has 2 N–H and O–H groups in total. The second-order valence-electron chi connectivity index (χ2n) is 4.15. The number of nitrogens with one attached hydrogen (secondary N) is 1. The maximum Gasteiger partial charge on any atom is 0.311 e. The summed E-state index contributed by atoms with van der Waals surface area (Å²) < 4.78 is 0. The minimum Gasteiger partial charge on any atom is -0.481 e. The van der Waals surface area contributed by atoms with E-state index in [0.717, 1.165) is 4.88 Å². The van der Waals surface area contributed by atoms with E-state index in [1.54, 1.807) is 17.4 Å². The van der Waals surface area contributed by atoms with Crippen molar-refractivity contribution in [3.05, 3.63) is 28.5 Å². The fraction of sp³-hybridized carbons (Fsp3) is 0.333. The maximum absolute atomic E-state index is 11.4. The smallest absolute Gasteiger partial charge is 0.311 e. The van der Waals surface area contributed by atoms with E-state index in [4.69, 9.17) is 5.11 Å². The lowest BCUT2D eigenvalue weighted by Crippen LogP contribution is -2.33. The minimum atomic E-state index is -0.819. The Labute approximate surface area is 103 Å². The van der Waals surface area contributed by atoms with Crippen molar-refractivity contribution < 1.29 is 14.7 Å². The molecule has 1 fully saturated rings. The van der Waals surface area contributed by atoms with Gasteiger partial charge in [-0.3, -0.25) is 9.59 Å². The molecule has 0 saturated heterocycles. The highest BCUT2D eigenvalue weighted by Crippen LogP contribution is 2.45. The zero-order valence-electron chi connectivity index (χ0n) is 9.18. The molecule has 1 amide bonds. The highest BCUT2D eigenvalue weighted by molar-refractivity contribution is 7.10. The van der Waals surface area contributed by atoms with E-state index < -0.39 is 11.4 Å². The van der Waals surface area contributed by atoms with Crippen LogP contribution in [-0.2, 0) is 9.59 Å². The first-order chi connectivity index (χ1) is 8.12. The second kappa shape index (κ2) is 4.71. The number of aliphatic carboxylic acids is 1. The van der Waals surface area contributed by atoms with Crippen LogP contribution in [0.5, 0.6) is 0 Å². The third kappa shape index (κ3) is 2.94. The molecule has 0 spiro atoms. The maximum atomic E-state index is 11.4. The van der Waals surface area contributed by atoms with Crippen LogP contribution in [0.1, 0.15) is 17.7 Å². The van der Waals surface area contributed by atoms with Gasteiger partial charge in [0.1, 0.15) is 0 Å². The Bertz CT molecular complexity index is 446. The predicted octanol–water partition coefficient (Wildman–Crippen LogP) is 1.74. The first-order valence-corrected chi connectivity index (χ1v) is 6.23.